The van der Waals surface area contributed by atoms with Crippen LogP contribution in [0.15, 0.2) is 53.0 Å². The highest BCUT2D eigenvalue weighted by molar-refractivity contribution is 9.10. The molecule has 1 N–H and O–H groups in total. The number of benzene rings is 2. The minimum Gasteiger partial charge on any atom is -0.493 e. The molecule has 1 unspecified atom stereocenters. The summed E-state index contributed by atoms with van der Waals surface area (Å²) >= 11 is 3.47. The third kappa shape index (κ3) is 3.98. The molecule has 0 radical (unpaired) electrons. The lowest BCUT2D eigenvalue weighted by Gasteiger charge is -2.25. The van der Waals surface area contributed by atoms with Crippen molar-refractivity contribution < 1.29 is 14.3 Å². The van der Waals surface area contributed by atoms with Crippen LogP contribution in [0.4, 0.5) is 0 Å². The number of carbonyl (C=O) groups excluding carboxylic acids is 1. The zero-order chi connectivity index (χ0) is 17.9. The molecule has 1 amide bonds. The van der Waals surface area contributed by atoms with E-state index in [0.29, 0.717) is 11.5 Å². The molecule has 1 atom stereocenters. The van der Waals surface area contributed by atoms with Gasteiger partial charge in [0.15, 0.2) is 18.1 Å². The second kappa shape index (κ2) is 7.48. The molecule has 1 aliphatic rings. The summed E-state index contributed by atoms with van der Waals surface area (Å²) < 4.78 is 11.9. The topological polar surface area (TPSA) is 47.6 Å². The van der Waals surface area contributed by atoms with Crippen LogP contribution in [0.25, 0.3) is 0 Å². The van der Waals surface area contributed by atoms with Crippen molar-refractivity contribution in [2.75, 3.05) is 13.7 Å². The molecule has 132 valence electrons. The third-order valence-electron chi connectivity index (χ3n) is 4.84. The Bertz CT molecular complexity index is 741. The molecule has 25 heavy (non-hydrogen) atoms. The maximum absolute atomic E-state index is 12.3. The van der Waals surface area contributed by atoms with E-state index in [1.165, 1.54) is 5.56 Å². The molecule has 4 nitrogen and oxygen atoms in total. The first-order valence-electron chi connectivity index (χ1n) is 8.36. The molecule has 0 spiro atoms. The van der Waals surface area contributed by atoms with Crippen molar-refractivity contribution in [3.05, 3.63) is 58.6 Å². The smallest absolute Gasteiger partial charge is 0.258 e. The quantitative estimate of drug-likeness (QED) is 0.757. The van der Waals surface area contributed by atoms with E-state index in [4.69, 9.17) is 9.47 Å². The van der Waals surface area contributed by atoms with Crippen molar-refractivity contribution in [2.24, 2.45) is 0 Å². The number of methoxy groups -OCH3 is 1. The number of rotatable bonds is 7. The summed E-state index contributed by atoms with van der Waals surface area (Å²) in [5.41, 5.74) is 1.31. The van der Waals surface area contributed by atoms with E-state index in [1.807, 2.05) is 18.2 Å². The Kier molecular flexibility index (Phi) is 5.33. The molecule has 0 bridgehead atoms. The maximum atomic E-state index is 12.3. The van der Waals surface area contributed by atoms with E-state index in [2.05, 4.69) is 52.4 Å². The van der Waals surface area contributed by atoms with Crippen LogP contribution in [0.2, 0.25) is 0 Å². The predicted octanol–water partition coefficient (Wildman–Crippen LogP) is 4.07. The van der Waals surface area contributed by atoms with Crippen LogP contribution in [0, 0.1) is 0 Å². The Morgan fingerprint density at radius 3 is 2.40 bits per heavy atom. The van der Waals surface area contributed by atoms with Gasteiger partial charge >= 0.3 is 0 Å². The molecule has 2 aromatic rings. The van der Waals surface area contributed by atoms with Gasteiger partial charge in [-0.2, -0.15) is 0 Å². The van der Waals surface area contributed by atoms with Gasteiger partial charge in [0.25, 0.3) is 5.91 Å². The summed E-state index contributed by atoms with van der Waals surface area (Å²) in [6, 6.07) is 15.7. The molecule has 1 fully saturated rings. The summed E-state index contributed by atoms with van der Waals surface area (Å²) in [4.78, 5) is 12.3. The summed E-state index contributed by atoms with van der Waals surface area (Å²) in [6.07, 6.45) is 2.17. The Hall–Kier alpha value is -2.01. The highest BCUT2D eigenvalue weighted by Crippen LogP contribution is 2.51. The number of hydrogen-bond donors (Lipinski definition) is 1. The van der Waals surface area contributed by atoms with Gasteiger partial charge in [-0.05, 0) is 49.6 Å². The van der Waals surface area contributed by atoms with Crippen LogP contribution in [-0.2, 0) is 10.2 Å². The van der Waals surface area contributed by atoms with Gasteiger partial charge in [-0.1, -0.05) is 40.2 Å². The summed E-state index contributed by atoms with van der Waals surface area (Å²) in [6.45, 7) is 2.04. The van der Waals surface area contributed by atoms with Crippen molar-refractivity contribution >= 4 is 21.8 Å². The minimum atomic E-state index is -0.123. The zero-order valence-electron chi connectivity index (χ0n) is 14.4. The lowest BCUT2D eigenvalue weighted by Crippen LogP contribution is -2.43. The molecule has 0 heterocycles. The van der Waals surface area contributed by atoms with E-state index in [0.717, 1.165) is 17.3 Å². The average Bonchev–Trinajstić information content (AvgIpc) is 3.43. The van der Waals surface area contributed by atoms with Crippen molar-refractivity contribution in [3.8, 4) is 11.5 Å². The first-order chi connectivity index (χ1) is 12.0. The first kappa shape index (κ1) is 17.8. The van der Waals surface area contributed by atoms with Crippen LogP contribution in [0.5, 0.6) is 11.5 Å². The minimum absolute atomic E-state index is 0.0267. The van der Waals surface area contributed by atoms with E-state index in [-0.39, 0.29) is 24.0 Å². The number of ether oxygens (including phenoxy) is 2. The predicted molar refractivity (Wildman–Crippen MR) is 101 cm³/mol. The fourth-order valence-corrected chi connectivity index (χ4v) is 3.46. The summed E-state index contributed by atoms with van der Waals surface area (Å²) in [7, 11) is 1.58. The average molecular weight is 404 g/mol. The van der Waals surface area contributed by atoms with Crippen molar-refractivity contribution in [2.45, 2.75) is 31.2 Å². The molecule has 3 rings (SSSR count). The fourth-order valence-electron chi connectivity index (χ4n) is 3.19. The van der Waals surface area contributed by atoms with Gasteiger partial charge < -0.3 is 14.8 Å². The molecule has 5 heteroatoms. The van der Waals surface area contributed by atoms with Gasteiger partial charge in [0, 0.05) is 15.9 Å². The highest BCUT2D eigenvalue weighted by atomic mass is 79.9. The van der Waals surface area contributed by atoms with Crippen molar-refractivity contribution in [1.29, 1.82) is 0 Å². The zero-order valence-corrected chi connectivity index (χ0v) is 16.0. The molecular weight excluding hydrogens is 382 g/mol. The molecular formula is C20H22BrNO3. The molecule has 2 aromatic carbocycles. The Balaban J connectivity index is 1.58. The van der Waals surface area contributed by atoms with Crippen LogP contribution >= 0.6 is 15.9 Å². The van der Waals surface area contributed by atoms with Crippen LogP contribution in [-0.4, -0.2) is 25.7 Å². The van der Waals surface area contributed by atoms with Crippen molar-refractivity contribution in [3.63, 3.8) is 0 Å². The monoisotopic (exact) mass is 403 g/mol. The third-order valence-corrected chi connectivity index (χ3v) is 5.37. The lowest BCUT2D eigenvalue weighted by atomic mass is 9.89. The van der Waals surface area contributed by atoms with E-state index in [1.54, 1.807) is 13.2 Å². The normalized spacial score (nSPS) is 16.0. The number of carbonyl (C=O) groups is 1. The van der Waals surface area contributed by atoms with Crippen LogP contribution in [0.1, 0.15) is 25.3 Å². The van der Waals surface area contributed by atoms with Gasteiger partial charge in [0.2, 0.25) is 0 Å². The van der Waals surface area contributed by atoms with Gasteiger partial charge in [0.1, 0.15) is 0 Å². The SMILES string of the molecule is COc1ccccc1OCC(=O)NC(C)C1(c2ccc(Br)cc2)CC1. The van der Waals surface area contributed by atoms with E-state index < -0.39 is 0 Å². The molecule has 0 saturated heterocycles. The number of halogens is 1. The number of hydrogen-bond acceptors (Lipinski definition) is 3. The highest BCUT2D eigenvalue weighted by Gasteiger charge is 2.49. The van der Waals surface area contributed by atoms with Crippen molar-refractivity contribution in [1.82, 2.24) is 5.32 Å². The van der Waals surface area contributed by atoms with E-state index in [9.17, 15) is 4.79 Å². The second-order valence-electron chi connectivity index (χ2n) is 6.39. The largest absolute Gasteiger partial charge is 0.493 e. The Morgan fingerprint density at radius 1 is 1.16 bits per heavy atom. The fraction of sp³-hybridized carbons (Fsp3) is 0.350. The lowest BCUT2D eigenvalue weighted by molar-refractivity contribution is -0.123. The molecule has 1 saturated carbocycles. The Labute approximate surface area is 156 Å². The number of nitrogens with one attached hydrogen (secondary N) is 1. The first-order valence-corrected chi connectivity index (χ1v) is 9.16. The van der Waals surface area contributed by atoms with Gasteiger partial charge in [-0.3, -0.25) is 4.79 Å². The van der Waals surface area contributed by atoms with Gasteiger partial charge in [-0.25, -0.2) is 0 Å². The van der Waals surface area contributed by atoms with Crippen LogP contribution < -0.4 is 14.8 Å². The number of amides is 1. The number of para-hydroxylation sites is 2. The van der Waals surface area contributed by atoms with Crippen LogP contribution in [0.3, 0.4) is 0 Å². The molecule has 1 aliphatic carbocycles. The van der Waals surface area contributed by atoms with Gasteiger partial charge in [0.05, 0.1) is 7.11 Å². The maximum Gasteiger partial charge on any atom is 0.258 e. The second-order valence-corrected chi connectivity index (χ2v) is 7.31. The Morgan fingerprint density at radius 2 is 1.80 bits per heavy atom. The summed E-state index contributed by atoms with van der Waals surface area (Å²) in [5, 5.41) is 3.09. The van der Waals surface area contributed by atoms with E-state index >= 15 is 0 Å². The summed E-state index contributed by atoms with van der Waals surface area (Å²) in [5.74, 6) is 1.07. The molecule has 0 aliphatic heterocycles. The van der Waals surface area contributed by atoms with Gasteiger partial charge in [-0.15, -0.1) is 0 Å². The standard InChI is InChI=1S/C20H22BrNO3/c1-14(20(11-12-20)15-7-9-16(21)10-8-15)22-19(23)13-25-18-6-4-3-5-17(18)24-2/h3-10,14H,11-13H2,1-2H3,(H,22,23). The molecule has 0 aromatic heterocycles.